The maximum absolute atomic E-state index is 5.09. The molecule has 4 heterocycles. The van der Waals surface area contributed by atoms with E-state index in [1.165, 1.54) is 71.0 Å². The summed E-state index contributed by atoms with van der Waals surface area (Å²) in [7, 11) is 0. The molecule has 1 aliphatic carbocycles. The molecule has 0 N–H and O–H groups in total. The Kier molecular flexibility index (Phi) is 5.47. The summed E-state index contributed by atoms with van der Waals surface area (Å²) in [4.78, 5) is 9.74. The summed E-state index contributed by atoms with van der Waals surface area (Å²) < 4.78 is 4.75. The van der Waals surface area contributed by atoms with E-state index < -0.39 is 0 Å². The van der Waals surface area contributed by atoms with E-state index in [0.29, 0.717) is 0 Å². The van der Waals surface area contributed by atoms with Crippen molar-refractivity contribution in [1.29, 1.82) is 0 Å². The number of benzene rings is 7. The summed E-state index contributed by atoms with van der Waals surface area (Å²) >= 11 is 0. The second kappa shape index (κ2) is 10.3. The summed E-state index contributed by atoms with van der Waals surface area (Å²) in [6.45, 7) is 0. The van der Waals surface area contributed by atoms with Crippen LogP contribution in [0.2, 0.25) is 0 Å². The molecular formula is C48H28N4. The van der Waals surface area contributed by atoms with Gasteiger partial charge in [-0.3, -0.25) is 9.55 Å². The topological polar surface area (TPSA) is 35.6 Å². The summed E-state index contributed by atoms with van der Waals surface area (Å²) in [6, 6.07) is 55.2. The maximum atomic E-state index is 5.09. The Labute approximate surface area is 298 Å². The van der Waals surface area contributed by atoms with Gasteiger partial charge in [0.1, 0.15) is 5.82 Å². The van der Waals surface area contributed by atoms with Gasteiger partial charge in [-0.2, -0.15) is 0 Å². The van der Waals surface area contributed by atoms with Crippen molar-refractivity contribution in [3.05, 3.63) is 170 Å². The molecule has 4 heteroatoms. The highest BCUT2D eigenvalue weighted by Crippen LogP contribution is 2.50. The molecule has 12 rings (SSSR count). The Morgan fingerprint density at radius 1 is 0.404 bits per heavy atom. The number of hydrogen-bond donors (Lipinski definition) is 0. The summed E-state index contributed by atoms with van der Waals surface area (Å²) in [5.74, 6) is 0.934. The van der Waals surface area contributed by atoms with Crippen LogP contribution in [0.5, 0.6) is 0 Å². The first-order valence-corrected chi connectivity index (χ1v) is 17.7. The third-order valence-electron chi connectivity index (χ3n) is 11.2. The SMILES string of the molecule is c1ccc(-n2c3ccc(-c4ccc5c(c4)c4ccccc4n5-c4nccc5c4-c4cncc6cccc-5c46)cc3c3c4ccccc4ccc32)cc1. The zero-order valence-electron chi connectivity index (χ0n) is 28.0. The van der Waals surface area contributed by atoms with Crippen LogP contribution in [-0.2, 0) is 0 Å². The van der Waals surface area contributed by atoms with Crippen LogP contribution < -0.4 is 0 Å². The van der Waals surface area contributed by atoms with Crippen LogP contribution in [0.3, 0.4) is 0 Å². The summed E-state index contributed by atoms with van der Waals surface area (Å²) in [5.41, 5.74) is 13.0. The zero-order chi connectivity index (χ0) is 33.9. The fraction of sp³-hybridized carbons (Fsp3) is 0. The van der Waals surface area contributed by atoms with Gasteiger partial charge in [0.2, 0.25) is 0 Å². The molecule has 11 aromatic rings. The Balaban J connectivity index is 1.10. The van der Waals surface area contributed by atoms with Crippen LogP contribution in [-0.4, -0.2) is 19.1 Å². The monoisotopic (exact) mass is 660 g/mol. The molecule has 0 radical (unpaired) electrons. The predicted octanol–water partition coefficient (Wildman–Crippen LogP) is 12.3. The maximum Gasteiger partial charge on any atom is 0.146 e. The lowest BCUT2D eigenvalue weighted by Gasteiger charge is -2.13. The first-order chi connectivity index (χ1) is 25.8. The van der Waals surface area contributed by atoms with Gasteiger partial charge in [0.05, 0.1) is 22.1 Å². The highest BCUT2D eigenvalue weighted by Gasteiger charge is 2.27. The summed E-state index contributed by atoms with van der Waals surface area (Å²) in [5, 5.41) is 9.87. The van der Waals surface area contributed by atoms with Crippen molar-refractivity contribution in [3.8, 4) is 44.9 Å². The molecule has 4 nitrogen and oxygen atoms in total. The van der Waals surface area contributed by atoms with Crippen LogP contribution >= 0.6 is 0 Å². The Morgan fingerprint density at radius 3 is 2.00 bits per heavy atom. The Hall–Kier alpha value is -7.04. The van der Waals surface area contributed by atoms with E-state index in [1.54, 1.807) is 0 Å². The molecule has 0 atom stereocenters. The average Bonchev–Trinajstić information content (AvgIpc) is 3.85. The Morgan fingerprint density at radius 2 is 1.12 bits per heavy atom. The number of nitrogens with zero attached hydrogens (tertiary/aromatic N) is 4. The van der Waals surface area contributed by atoms with E-state index in [0.717, 1.165) is 39.1 Å². The lowest BCUT2D eigenvalue weighted by molar-refractivity contribution is 1.09. The largest absolute Gasteiger partial charge is 0.309 e. The molecule has 240 valence electrons. The zero-order valence-corrected chi connectivity index (χ0v) is 28.0. The minimum Gasteiger partial charge on any atom is -0.309 e. The fourth-order valence-corrected chi connectivity index (χ4v) is 8.97. The van der Waals surface area contributed by atoms with Crippen LogP contribution in [0.1, 0.15) is 0 Å². The molecule has 1 aliphatic rings. The smallest absolute Gasteiger partial charge is 0.146 e. The molecule has 52 heavy (non-hydrogen) atoms. The number of rotatable bonds is 3. The minimum atomic E-state index is 0.934. The predicted molar refractivity (Wildman–Crippen MR) is 216 cm³/mol. The van der Waals surface area contributed by atoms with Gasteiger partial charge in [0, 0.05) is 67.7 Å². The number of hydrogen-bond acceptors (Lipinski definition) is 2. The third-order valence-corrected chi connectivity index (χ3v) is 11.2. The van der Waals surface area contributed by atoms with Gasteiger partial charge in [0.15, 0.2) is 0 Å². The lowest BCUT2D eigenvalue weighted by Crippen LogP contribution is -2.00. The molecule has 0 bridgehead atoms. The first kappa shape index (κ1) is 27.7. The second-order valence-electron chi connectivity index (χ2n) is 13.8. The van der Waals surface area contributed by atoms with Gasteiger partial charge in [-0.1, -0.05) is 97.1 Å². The summed E-state index contributed by atoms with van der Waals surface area (Å²) in [6.07, 6.45) is 5.91. The van der Waals surface area contributed by atoms with Crippen molar-refractivity contribution in [1.82, 2.24) is 19.1 Å². The van der Waals surface area contributed by atoms with Crippen molar-refractivity contribution >= 4 is 65.2 Å². The first-order valence-electron chi connectivity index (χ1n) is 17.7. The number of pyridine rings is 2. The van der Waals surface area contributed by atoms with Crippen LogP contribution in [0, 0.1) is 0 Å². The third kappa shape index (κ3) is 3.65. The standard InChI is InChI=1S/C48H28N4/c1-2-11-33(12-3-1)51-43-21-19-31(26-39(43)46-34-13-5-4-9-29(34)17-22-44(46)51)30-18-20-42-38(25-30)35-14-6-7-16-41(35)52(42)48-47-37(23-24-50-48)36-15-8-10-32-27-49-28-40(47)45(32)36/h1-28H. The molecule has 0 saturated carbocycles. The van der Waals surface area contributed by atoms with Crippen molar-refractivity contribution < 1.29 is 0 Å². The average molecular weight is 661 g/mol. The van der Waals surface area contributed by atoms with E-state index in [1.807, 2.05) is 18.6 Å². The van der Waals surface area contributed by atoms with Crippen molar-refractivity contribution in [2.75, 3.05) is 0 Å². The van der Waals surface area contributed by atoms with Gasteiger partial charge >= 0.3 is 0 Å². The molecular weight excluding hydrogens is 633 g/mol. The Bertz CT molecular complexity index is 3290. The van der Waals surface area contributed by atoms with Gasteiger partial charge in [-0.15, -0.1) is 0 Å². The molecule has 0 fully saturated rings. The highest BCUT2D eigenvalue weighted by molar-refractivity contribution is 6.22. The van der Waals surface area contributed by atoms with Crippen molar-refractivity contribution in [2.45, 2.75) is 0 Å². The molecule has 0 spiro atoms. The van der Waals surface area contributed by atoms with E-state index in [9.17, 15) is 0 Å². The van der Waals surface area contributed by atoms with E-state index >= 15 is 0 Å². The van der Waals surface area contributed by atoms with Crippen molar-refractivity contribution in [2.24, 2.45) is 0 Å². The van der Waals surface area contributed by atoms with Crippen LogP contribution in [0.15, 0.2) is 170 Å². The normalized spacial score (nSPS) is 12.2. The minimum absolute atomic E-state index is 0.934. The van der Waals surface area contributed by atoms with Crippen LogP contribution in [0.25, 0.3) is 110 Å². The van der Waals surface area contributed by atoms with E-state index in [4.69, 9.17) is 4.98 Å². The molecule has 0 unspecified atom stereocenters. The molecule has 0 amide bonds. The fourth-order valence-electron chi connectivity index (χ4n) is 8.97. The quantitative estimate of drug-likeness (QED) is 0.189. The number of fused-ring (bicyclic) bond motifs is 11. The highest BCUT2D eigenvalue weighted by atomic mass is 15.1. The van der Waals surface area contributed by atoms with Gasteiger partial charge in [-0.25, -0.2) is 4.98 Å². The van der Waals surface area contributed by atoms with Gasteiger partial charge in [-0.05, 0) is 87.6 Å². The molecule has 4 aromatic heterocycles. The number of para-hydroxylation sites is 2. The second-order valence-corrected chi connectivity index (χ2v) is 13.8. The van der Waals surface area contributed by atoms with Crippen molar-refractivity contribution in [3.63, 3.8) is 0 Å². The number of aromatic nitrogens is 4. The lowest BCUT2D eigenvalue weighted by atomic mass is 9.99. The van der Waals surface area contributed by atoms with Gasteiger partial charge in [0.25, 0.3) is 0 Å². The molecule has 0 aliphatic heterocycles. The molecule has 0 saturated heterocycles. The molecule has 7 aromatic carbocycles. The van der Waals surface area contributed by atoms with Crippen LogP contribution in [0.4, 0.5) is 0 Å². The van der Waals surface area contributed by atoms with E-state index in [2.05, 4.69) is 166 Å². The van der Waals surface area contributed by atoms with E-state index in [-0.39, 0.29) is 0 Å². The van der Waals surface area contributed by atoms with Gasteiger partial charge < -0.3 is 4.57 Å².